The van der Waals surface area contributed by atoms with Crippen LogP contribution in [0.4, 0.5) is 0 Å². The number of nitrogens with zero attached hydrogens (tertiary/aromatic N) is 3. The molecule has 16 heavy (non-hydrogen) atoms. The second kappa shape index (κ2) is 4.05. The molecule has 7 nitrogen and oxygen atoms in total. The maximum atomic E-state index is 10.5. The first-order chi connectivity index (χ1) is 7.54. The Hall–Kier alpha value is -1.69. The van der Waals surface area contributed by atoms with Crippen LogP contribution in [0, 0.1) is 0 Å². The molecular formula is C8H8N3O4P. The van der Waals surface area contributed by atoms with Crippen molar-refractivity contribution >= 4 is 7.82 Å². The van der Waals surface area contributed by atoms with Crippen molar-refractivity contribution in [2.24, 2.45) is 0 Å². The van der Waals surface area contributed by atoms with Gasteiger partial charge in [-0.15, -0.1) is 5.10 Å². The Morgan fingerprint density at radius 1 is 1.25 bits per heavy atom. The van der Waals surface area contributed by atoms with Gasteiger partial charge >= 0.3 is 13.8 Å². The number of hydrogen-bond donors (Lipinski definition) is 2. The van der Waals surface area contributed by atoms with E-state index in [1.807, 2.05) is 6.07 Å². The summed E-state index contributed by atoms with van der Waals surface area (Å²) in [6.45, 7) is 0. The lowest BCUT2D eigenvalue weighted by Gasteiger charge is -2.01. The number of hydrogen-bond acceptors (Lipinski definition) is 4. The summed E-state index contributed by atoms with van der Waals surface area (Å²) in [7, 11) is -4.60. The zero-order valence-electron chi connectivity index (χ0n) is 7.96. The van der Waals surface area contributed by atoms with Crippen molar-refractivity contribution in [3.63, 3.8) is 0 Å². The lowest BCUT2D eigenvalue weighted by molar-refractivity contribution is 0.275. The molecular weight excluding hydrogens is 233 g/mol. The van der Waals surface area contributed by atoms with Crippen molar-refractivity contribution in [1.29, 1.82) is 0 Å². The third kappa shape index (κ3) is 2.66. The van der Waals surface area contributed by atoms with Crippen LogP contribution in [-0.2, 0) is 4.57 Å². The van der Waals surface area contributed by atoms with E-state index in [-0.39, 0.29) is 6.01 Å². The number of phosphoric ester groups is 1. The third-order valence-electron chi connectivity index (χ3n) is 1.69. The minimum absolute atomic E-state index is 0.364. The fraction of sp³-hybridized carbons (Fsp3) is 0. The van der Waals surface area contributed by atoms with Crippen LogP contribution in [0.2, 0.25) is 0 Å². The van der Waals surface area contributed by atoms with Gasteiger partial charge in [0.25, 0.3) is 0 Å². The van der Waals surface area contributed by atoms with Crippen molar-refractivity contribution in [2.45, 2.75) is 0 Å². The highest BCUT2D eigenvalue weighted by Gasteiger charge is 2.18. The number of para-hydroxylation sites is 1. The molecule has 0 bridgehead atoms. The van der Waals surface area contributed by atoms with Gasteiger partial charge in [-0.05, 0) is 12.1 Å². The first-order valence-corrected chi connectivity index (χ1v) is 5.80. The van der Waals surface area contributed by atoms with Crippen molar-refractivity contribution in [2.75, 3.05) is 0 Å². The summed E-state index contributed by atoms with van der Waals surface area (Å²) in [6.07, 6.45) is 1.31. The Labute approximate surface area is 90.6 Å². The molecule has 1 aromatic heterocycles. The largest absolute Gasteiger partial charge is 0.527 e. The molecule has 8 heteroatoms. The van der Waals surface area contributed by atoms with Crippen molar-refractivity contribution < 1.29 is 18.9 Å². The molecule has 1 aromatic carbocycles. The minimum Gasteiger partial charge on any atom is -0.367 e. The van der Waals surface area contributed by atoms with E-state index in [9.17, 15) is 4.57 Å². The topological polar surface area (TPSA) is 97.5 Å². The Kier molecular flexibility index (Phi) is 2.74. The smallest absolute Gasteiger partial charge is 0.367 e. The van der Waals surface area contributed by atoms with E-state index in [2.05, 4.69) is 14.6 Å². The Morgan fingerprint density at radius 2 is 1.94 bits per heavy atom. The van der Waals surface area contributed by atoms with E-state index < -0.39 is 7.82 Å². The zero-order chi connectivity index (χ0) is 11.6. The predicted octanol–water partition coefficient (Wildman–Crippen LogP) is 0.739. The van der Waals surface area contributed by atoms with E-state index in [1.165, 1.54) is 11.0 Å². The molecule has 0 saturated heterocycles. The Morgan fingerprint density at radius 3 is 2.56 bits per heavy atom. The summed E-state index contributed by atoms with van der Waals surface area (Å²) >= 11 is 0. The fourth-order valence-electron chi connectivity index (χ4n) is 1.10. The van der Waals surface area contributed by atoms with Gasteiger partial charge < -0.3 is 4.52 Å². The van der Waals surface area contributed by atoms with Gasteiger partial charge in [-0.1, -0.05) is 18.2 Å². The molecule has 2 aromatic rings. The minimum atomic E-state index is -4.60. The molecule has 84 valence electrons. The van der Waals surface area contributed by atoms with Gasteiger partial charge in [0.1, 0.15) is 6.33 Å². The van der Waals surface area contributed by atoms with Gasteiger partial charge in [-0.25, -0.2) is 9.25 Å². The van der Waals surface area contributed by atoms with Crippen LogP contribution in [0.1, 0.15) is 0 Å². The highest BCUT2D eigenvalue weighted by atomic mass is 31.2. The molecule has 0 saturated carbocycles. The van der Waals surface area contributed by atoms with Gasteiger partial charge in [-0.2, -0.15) is 4.98 Å². The van der Waals surface area contributed by atoms with Crippen LogP contribution in [0.15, 0.2) is 36.7 Å². The third-order valence-corrected chi connectivity index (χ3v) is 2.09. The highest BCUT2D eigenvalue weighted by Crippen LogP contribution is 2.35. The molecule has 0 spiro atoms. The molecule has 0 aliphatic carbocycles. The molecule has 0 aliphatic heterocycles. The van der Waals surface area contributed by atoms with Gasteiger partial charge in [-0.3, -0.25) is 9.79 Å². The van der Waals surface area contributed by atoms with Crippen LogP contribution in [-0.4, -0.2) is 24.6 Å². The second-order valence-corrected chi connectivity index (χ2v) is 4.05. The summed E-state index contributed by atoms with van der Waals surface area (Å²) in [5, 5.41) is 3.76. The van der Waals surface area contributed by atoms with E-state index in [1.54, 1.807) is 24.3 Å². The van der Waals surface area contributed by atoms with E-state index in [4.69, 9.17) is 9.79 Å². The van der Waals surface area contributed by atoms with E-state index in [0.717, 1.165) is 5.69 Å². The molecule has 0 unspecified atom stereocenters. The van der Waals surface area contributed by atoms with Crippen molar-refractivity contribution in [3.8, 4) is 11.7 Å². The molecule has 0 aliphatic rings. The average molecular weight is 241 g/mol. The summed E-state index contributed by atoms with van der Waals surface area (Å²) in [5.74, 6) is 0. The number of benzene rings is 1. The highest BCUT2D eigenvalue weighted by molar-refractivity contribution is 7.46. The maximum absolute atomic E-state index is 10.5. The van der Waals surface area contributed by atoms with Crippen LogP contribution in [0.5, 0.6) is 6.01 Å². The maximum Gasteiger partial charge on any atom is 0.527 e. The van der Waals surface area contributed by atoms with Crippen molar-refractivity contribution in [3.05, 3.63) is 36.7 Å². The molecule has 0 amide bonds. The predicted molar refractivity (Wildman–Crippen MR) is 54.0 cm³/mol. The van der Waals surface area contributed by atoms with Crippen molar-refractivity contribution in [1.82, 2.24) is 14.8 Å². The molecule has 2 N–H and O–H groups in total. The first kappa shape index (κ1) is 10.8. The van der Waals surface area contributed by atoms with Crippen LogP contribution in [0.3, 0.4) is 0 Å². The van der Waals surface area contributed by atoms with Crippen LogP contribution >= 0.6 is 7.82 Å². The SMILES string of the molecule is O=P(O)(O)Oc1ncn(-c2ccccc2)n1. The number of phosphoric acid groups is 1. The van der Waals surface area contributed by atoms with Gasteiger partial charge in [0.05, 0.1) is 5.69 Å². The quantitative estimate of drug-likeness (QED) is 0.769. The van der Waals surface area contributed by atoms with Crippen LogP contribution in [0.25, 0.3) is 5.69 Å². The molecule has 0 atom stereocenters. The van der Waals surface area contributed by atoms with Gasteiger partial charge in [0.15, 0.2) is 0 Å². The summed E-state index contributed by atoms with van der Waals surface area (Å²) in [5.41, 5.74) is 0.718. The van der Waals surface area contributed by atoms with E-state index in [0.29, 0.717) is 0 Å². The Bertz CT molecular complexity index is 521. The lowest BCUT2D eigenvalue weighted by atomic mass is 10.3. The summed E-state index contributed by atoms with van der Waals surface area (Å²) in [4.78, 5) is 20.7. The zero-order valence-corrected chi connectivity index (χ0v) is 8.86. The van der Waals surface area contributed by atoms with Crippen LogP contribution < -0.4 is 4.52 Å². The monoisotopic (exact) mass is 241 g/mol. The number of aromatic nitrogens is 3. The number of rotatable bonds is 3. The second-order valence-electron chi connectivity index (χ2n) is 2.89. The summed E-state index contributed by atoms with van der Waals surface area (Å²) in [6, 6.07) is 8.64. The fourth-order valence-corrected chi connectivity index (χ4v) is 1.40. The van der Waals surface area contributed by atoms with Gasteiger partial charge in [0, 0.05) is 0 Å². The standard InChI is InChI=1S/C8H8N3O4P/c12-16(13,14)15-8-9-6-11(10-8)7-4-2-1-3-5-7/h1-6H,(H2,12,13,14). The van der Waals surface area contributed by atoms with E-state index >= 15 is 0 Å². The average Bonchev–Trinajstić information content (AvgIpc) is 2.65. The molecule has 2 rings (SSSR count). The Balaban J connectivity index is 2.24. The molecule has 0 fully saturated rings. The molecule has 0 radical (unpaired) electrons. The lowest BCUT2D eigenvalue weighted by Crippen LogP contribution is -1.96. The normalized spacial score (nSPS) is 11.4. The first-order valence-electron chi connectivity index (χ1n) is 4.27. The molecule has 1 heterocycles. The summed E-state index contributed by atoms with van der Waals surface area (Å²) < 4.78 is 16.1. The van der Waals surface area contributed by atoms with Gasteiger partial charge in [0.2, 0.25) is 0 Å².